The number of anilines is 1. The molecule has 1 heterocycles. The van der Waals surface area contributed by atoms with Crippen molar-refractivity contribution in [3.8, 4) is 5.75 Å². The van der Waals surface area contributed by atoms with E-state index in [0.29, 0.717) is 12.5 Å². The summed E-state index contributed by atoms with van der Waals surface area (Å²) >= 11 is 0. The monoisotopic (exact) mass is 513 g/mol. The summed E-state index contributed by atoms with van der Waals surface area (Å²) in [4.78, 5) is 8.87. The van der Waals surface area contributed by atoms with Crippen LogP contribution in [0.5, 0.6) is 5.75 Å². The molecule has 154 valence electrons. The van der Waals surface area contributed by atoms with Crippen molar-refractivity contribution in [2.45, 2.75) is 13.1 Å². The molecule has 0 unspecified atom stereocenters. The Kier molecular flexibility index (Phi) is 7.29. The minimum atomic E-state index is 0. The lowest BCUT2D eigenvalue weighted by atomic mass is 10.1. The lowest BCUT2D eigenvalue weighted by Crippen LogP contribution is -2.22. The van der Waals surface area contributed by atoms with E-state index >= 15 is 0 Å². The molecule has 7 heteroatoms. The molecule has 6 nitrogen and oxygen atoms in total. The second kappa shape index (κ2) is 10.1. The zero-order chi connectivity index (χ0) is 20.1. The van der Waals surface area contributed by atoms with Crippen molar-refractivity contribution >= 4 is 46.7 Å². The molecule has 0 saturated heterocycles. The van der Waals surface area contributed by atoms with Crippen LogP contribution in [-0.2, 0) is 13.1 Å². The number of nitrogens with zero attached hydrogens (tertiary/aromatic N) is 3. The standard InChI is InChI=1S/C23H23N5O.HI/c1-29-22-9-5-3-7-20(22)27-23(24)25-14-17-10-12-18(13-11-17)15-28-16-26-19-6-2-4-8-21(19)28;/h2-13,16H,14-15H2,1H3,(H3,24,25,27);1H. The Balaban J connectivity index is 0.00000256. The Morgan fingerprint density at radius 2 is 1.70 bits per heavy atom. The van der Waals surface area contributed by atoms with Crippen molar-refractivity contribution in [1.29, 1.82) is 0 Å². The predicted octanol–water partition coefficient (Wildman–Crippen LogP) is 4.64. The number of imidazole rings is 1. The highest BCUT2D eigenvalue weighted by atomic mass is 127. The summed E-state index contributed by atoms with van der Waals surface area (Å²) in [6.07, 6.45) is 1.88. The number of rotatable bonds is 6. The Morgan fingerprint density at radius 3 is 2.50 bits per heavy atom. The van der Waals surface area contributed by atoms with Crippen LogP contribution in [-0.4, -0.2) is 22.6 Å². The van der Waals surface area contributed by atoms with Crippen LogP contribution in [0.4, 0.5) is 5.69 Å². The molecular weight excluding hydrogens is 489 g/mol. The Morgan fingerprint density at radius 1 is 1.00 bits per heavy atom. The molecule has 0 amide bonds. The molecular formula is C23H24IN5O. The van der Waals surface area contributed by atoms with Crippen molar-refractivity contribution < 1.29 is 4.74 Å². The van der Waals surface area contributed by atoms with E-state index in [1.807, 2.05) is 48.8 Å². The molecule has 0 aliphatic heterocycles. The fraction of sp³-hybridized carbons (Fsp3) is 0.130. The van der Waals surface area contributed by atoms with E-state index in [2.05, 4.69) is 50.2 Å². The topological polar surface area (TPSA) is 77.5 Å². The molecule has 3 aromatic carbocycles. The van der Waals surface area contributed by atoms with Crippen molar-refractivity contribution in [2.24, 2.45) is 10.7 Å². The summed E-state index contributed by atoms with van der Waals surface area (Å²) < 4.78 is 7.46. The number of aromatic nitrogens is 2. The van der Waals surface area contributed by atoms with E-state index in [9.17, 15) is 0 Å². The molecule has 0 aliphatic rings. The first kappa shape index (κ1) is 21.6. The normalized spacial score (nSPS) is 11.2. The number of aliphatic imine (C=N–C) groups is 1. The first-order chi connectivity index (χ1) is 14.2. The average Bonchev–Trinajstić information content (AvgIpc) is 3.16. The summed E-state index contributed by atoms with van der Waals surface area (Å²) in [5.74, 6) is 1.07. The lowest BCUT2D eigenvalue weighted by Gasteiger charge is -2.10. The van der Waals surface area contributed by atoms with Gasteiger partial charge in [0.25, 0.3) is 0 Å². The number of nitrogens with two attached hydrogens (primary N) is 1. The van der Waals surface area contributed by atoms with Crippen LogP contribution < -0.4 is 15.8 Å². The van der Waals surface area contributed by atoms with Gasteiger partial charge >= 0.3 is 0 Å². The van der Waals surface area contributed by atoms with E-state index in [1.54, 1.807) is 7.11 Å². The molecule has 1 aromatic heterocycles. The van der Waals surface area contributed by atoms with Gasteiger partial charge in [-0.1, -0.05) is 48.5 Å². The molecule has 4 aromatic rings. The molecule has 4 rings (SSSR count). The fourth-order valence-corrected chi connectivity index (χ4v) is 3.18. The van der Waals surface area contributed by atoms with E-state index < -0.39 is 0 Å². The van der Waals surface area contributed by atoms with Crippen LogP contribution in [0.1, 0.15) is 11.1 Å². The van der Waals surface area contributed by atoms with Crippen LogP contribution in [0.3, 0.4) is 0 Å². The highest BCUT2D eigenvalue weighted by molar-refractivity contribution is 14.0. The van der Waals surface area contributed by atoms with Gasteiger partial charge in [0.1, 0.15) is 5.75 Å². The first-order valence-corrected chi connectivity index (χ1v) is 9.40. The number of halogens is 1. The summed E-state index contributed by atoms with van der Waals surface area (Å²) in [6.45, 7) is 1.28. The molecule has 0 radical (unpaired) electrons. The zero-order valence-corrected chi connectivity index (χ0v) is 19.0. The average molecular weight is 513 g/mol. The fourth-order valence-electron chi connectivity index (χ4n) is 3.18. The van der Waals surface area contributed by atoms with Crippen molar-refractivity contribution in [2.75, 3.05) is 12.4 Å². The maximum absolute atomic E-state index is 6.02. The zero-order valence-electron chi connectivity index (χ0n) is 16.7. The van der Waals surface area contributed by atoms with Crippen molar-refractivity contribution in [3.05, 3.63) is 90.3 Å². The summed E-state index contributed by atoms with van der Waals surface area (Å²) in [5, 5.41) is 3.08. The van der Waals surface area contributed by atoms with Crippen LogP contribution >= 0.6 is 24.0 Å². The molecule has 3 N–H and O–H groups in total. The summed E-state index contributed by atoms with van der Waals surface area (Å²) in [7, 11) is 1.63. The number of hydrogen-bond acceptors (Lipinski definition) is 3. The van der Waals surface area contributed by atoms with Crippen LogP contribution in [0.2, 0.25) is 0 Å². The summed E-state index contributed by atoms with van der Waals surface area (Å²) in [5.41, 5.74) is 11.3. The largest absolute Gasteiger partial charge is 0.495 e. The van der Waals surface area contributed by atoms with Gasteiger partial charge in [-0.15, -0.1) is 24.0 Å². The van der Waals surface area contributed by atoms with E-state index in [0.717, 1.165) is 34.6 Å². The molecule has 0 aliphatic carbocycles. The van der Waals surface area contributed by atoms with Crippen LogP contribution in [0, 0.1) is 0 Å². The van der Waals surface area contributed by atoms with Gasteiger partial charge in [0, 0.05) is 6.54 Å². The number of hydrogen-bond donors (Lipinski definition) is 2. The number of para-hydroxylation sites is 4. The molecule has 0 saturated carbocycles. The molecule has 0 spiro atoms. The molecule has 0 bridgehead atoms. The van der Waals surface area contributed by atoms with Crippen LogP contribution in [0.25, 0.3) is 11.0 Å². The molecule has 0 fully saturated rings. The lowest BCUT2D eigenvalue weighted by molar-refractivity contribution is 0.417. The van der Waals surface area contributed by atoms with Crippen LogP contribution in [0.15, 0.2) is 84.1 Å². The van der Waals surface area contributed by atoms with E-state index in [4.69, 9.17) is 10.5 Å². The van der Waals surface area contributed by atoms with Gasteiger partial charge in [0.2, 0.25) is 0 Å². The maximum Gasteiger partial charge on any atom is 0.193 e. The second-order valence-corrected chi connectivity index (χ2v) is 6.70. The Labute approximate surface area is 192 Å². The molecule has 30 heavy (non-hydrogen) atoms. The van der Waals surface area contributed by atoms with E-state index in [-0.39, 0.29) is 24.0 Å². The highest BCUT2D eigenvalue weighted by Crippen LogP contribution is 2.22. The van der Waals surface area contributed by atoms with Gasteiger partial charge < -0.3 is 20.4 Å². The highest BCUT2D eigenvalue weighted by Gasteiger charge is 2.04. The first-order valence-electron chi connectivity index (χ1n) is 9.40. The third-order valence-corrected chi connectivity index (χ3v) is 4.70. The van der Waals surface area contributed by atoms with Gasteiger partial charge in [0.05, 0.1) is 36.7 Å². The van der Waals surface area contributed by atoms with Crippen molar-refractivity contribution in [1.82, 2.24) is 9.55 Å². The second-order valence-electron chi connectivity index (χ2n) is 6.70. The Hall–Kier alpha value is -3.07. The smallest absolute Gasteiger partial charge is 0.193 e. The minimum Gasteiger partial charge on any atom is -0.495 e. The number of benzene rings is 3. The quantitative estimate of drug-likeness (QED) is 0.224. The third kappa shape index (κ3) is 5.10. The van der Waals surface area contributed by atoms with Gasteiger partial charge in [-0.3, -0.25) is 0 Å². The van der Waals surface area contributed by atoms with Gasteiger partial charge in [-0.05, 0) is 35.4 Å². The molecule has 0 atom stereocenters. The Bertz CT molecular complexity index is 1140. The predicted molar refractivity (Wildman–Crippen MR) is 133 cm³/mol. The maximum atomic E-state index is 6.02. The number of nitrogens with one attached hydrogen (secondary N) is 1. The van der Waals surface area contributed by atoms with Gasteiger partial charge in [-0.25, -0.2) is 9.98 Å². The number of fused-ring (bicyclic) bond motifs is 1. The number of ether oxygens (including phenoxy) is 1. The number of guanidine groups is 1. The SMILES string of the molecule is COc1ccccc1NC(N)=NCc1ccc(Cn2cnc3ccccc32)cc1.I. The minimum absolute atomic E-state index is 0. The summed E-state index contributed by atoms with van der Waals surface area (Å²) in [6, 6.07) is 24.1. The van der Waals surface area contributed by atoms with Gasteiger partial charge in [0.15, 0.2) is 5.96 Å². The van der Waals surface area contributed by atoms with E-state index in [1.165, 1.54) is 5.56 Å². The third-order valence-electron chi connectivity index (χ3n) is 4.70. The van der Waals surface area contributed by atoms with Gasteiger partial charge in [-0.2, -0.15) is 0 Å². The number of methoxy groups -OCH3 is 1. The van der Waals surface area contributed by atoms with Crippen molar-refractivity contribution in [3.63, 3.8) is 0 Å².